The van der Waals surface area contributed by atoms with E-state index >= 15 is 0 Å². The highest BCUT2D eigenvalue weighted by atomic mass is 35.5. The second-order valence-corrected chi connectivity index (χ2v) is 6.34. The first-order valence-corrected chi connectivity index (χ1v) is 8.98. The normalized spacial score (nSPS) is 10.2. The molecule has 0 atom stereocenters. The second kappa shape index (κ2) is 9.58. The van der Waals surface area contributed by atoms with Crippen molar-refractivity contribution in [1.82, 2.24) is 0 Å². The first-order chi connectivity index (χ1) is 13.6. The maximum atomic E-state index is 12.4. The number of benzene rings is 3. The highest BCUT2D eigenvalue weighted by molar-refractivity contribution is 6.30. The van der Waals surface area contributed by atoms with Gasteiger partial charge in [-0.05, 0) is 35.9 Å². The van der Waals surface area contributed by atoms with E-state index in [0.29, 0.717) is 23.1 Å². The van der Waals surface area contributed by atoms with Gasteiger partial charge in [-0.1, -0.05) is 60.1 Å². The van der Waals surface area contributed by atoms with E-state index < -0.39 is 18.5 Å². The molecule has 1 N–H and O–H groups in total. The Morgan fingerprint density at radius 2 is 1.64 bits per heavy atom. The Morgan fingerprint density at radius 3 is 2.43 bits per heavy atom. The number of ether oxygens (including phenoxy) is 2. The summed E-state index contributed by atoms with van der Waals surface area (Å²) in [6.45, 7) is -0.0985. The molecule has 0 saturated carbocycles. The number of halogens is 1. The van der Waals surface area contributed by atoms with Crippen LogP contribution in [-0.2, 0) is 16.1 Å². The lowest BCUT2D eigenvalue weighted by molar-refractivity contribution is -0.119. The average molecular weight is 396 g/mol. The van der Waals surface area contributed by atoms with Gasteiger partial charge >= 0.3 is 5.97 Å². The third kappa shape index (κ3) is 5.59. The van der Waals surface area contributed by atoms with E-state index in [4.69, 9.17) is 21.1 Å². The highest BCUT2D eigenvalue weighted by Crippen LogP contribution is 2.20. The van der Waals surface area contributed by atoms with Crippen LogP contribution in [0.4, 0.5) is 5.69 Å². The summed E-state index contributed by atoms with van der Waals surface area (Å²) in [4.78, 5) is 24.4. The summed E-state index contributed by atoms with van der Waals surface area (Å²) in [7, 11) is 0. The van der Waals surface area contributed by atoms with E-state index in [9.17, 15) is 9.59 Å². The summed E-state index contributed by atoms with van der Waals surface area (Å²) in [6.07, 6.45) is 0. The van der Waals surface area contributed by atoms with Gasteiger partial charge in [-0.25, -0.2) is 4.79 Å². The van der Waals surface area contributed by atoms with Crippen LogP contribution in [0.3, 0.4) is 0 Å². The van der Waals surface area contributed by atoms with Gasteiger partial charge in [0, 0.05) is 10.7 Å². The zero-order valence-electron chi connectivity index (χ0n) is 14.9. The molecule has 0 aliphatic carbocycles. The summed E-state index contributed by atoms with van der Waals surface area (Å²) in [6, 6.07) is 23.1. The van der Waals surface area contributed by atoms with Crippen LogP contribution in [0.5, 0.6) is 5.75 Å². The van der Waals surface area contributed by atoms with Gasteiger partial charge in [0.2, 0.25) is 0 Å². The number of carbonyl (C=O) groups is 2. The number of amides is 1. The lowest BCUT2D eigenvalue weighted by Gasteiger charge is -2.11. The molecular weight excluding hydrogens is 378 g/mol. The molecule has 0 fully saturated rings. The van der Waals surface area contributed by atoms with Gasteiger partial charge in [-0.2, -0.15) is 0 Å². The lowest BCUT2D eigenvalue weighted by Crippen LogP contribution is -2.21. The molecule has 142 valence electrons. The summed E-state index contributed by atoms with van der Waals surface area (Å²) >= 11 is 5.88. The largest absolute Gasteiger partial charge is 0.488 e. The van der Waals surface area contributed by atoms with Gasteiger partial charge < -0.3 is 14.8 Å². The van der Waals surface area contributed by atoms with Gasteiger partial charge in [0.1, 0.15) is 17.9 Å². The molecule has 0 aliphatic rings. The first-order valence-electron chi connectivity index (χ1n) is 8.60. The van der Waals surface area contributed by atoms with Gasteiger partial charge in [0.15, 0.2) is 6.61 Å². The molecule has 0 aromatic heterocycles. The molecule has 0 aliphatic heterocycles. The third-order valence-corrected chi connectivity index (χ3v) is 4.02. The predicted octanol–water partition coefficient (Wildman–Crippen LogP) is 4.71. The van der Waals surface area contributed by atoms with Crippen LogP contribution in [0.2, 0.25) is 5.02 Å². The topological polar surface area (TPSA) is 64.6 Å². The fourth-order valence-electron chi connectivity index (χ4n) is 2.47. The molecule has 1 amide bonds. The number of hydrogen-bond donors (Lipinski definition) is 1. The van der Waals surface area contributed by atoms with E-state index in [1.54, 1.807) is 48.5 Å². The average Bonchev–Trinajstić information content (AvgIpc) is 2.71. The van der Waals surface area contributed by atoms with Gasteiger partial charge in [-0.3, -0.25) is 4.79 Å². The minimum Gasteiger partial charge on any atom is -0.488 e. The maximum Gasteiger partial charge on any atom is 0.342 e. The SMILES string of the molecule is O=C(COC(=O)c1ccccc1OCc1ccccc1)Nc1cccc(Cl)c1. The van der Waals surface area contributed by atoms with Crippen LogP contribution in [-0.4, -0.2) is 18.5 Å². The van der Waals surface area contributed by atoms with Gasteiger partial charge in [0.05, 0.1) is 0 Å². The number of nitrogens with one attached hydrogen (secondary N) is 1. The van der Waals surface area contributed by atoms with Crippen LogP contribution in [0.1, 0.15) is 15.9 Å². The second-order valence-electron chi connectivity index (χ2n) is 5.91. The molecule has 0 heterocycles. The predicted molar refractivity (Wildman–Crippen MR) is 108 cm³/mol. The summed E-state index contributed by atoms with van der Waals surface area (Å²) in [5.74, 6) is -0.699. The molecule has 0 bridgehead atoms. The van der Waals surface area contributed by atoms with E-state index in [0.717, 1.165) is 5.56 Å². The molecule has 0 saturated heterocycles. The molecule has 3 aromatic rings. The van der Waals surface area contributed by atoms with Crippen molar-refractivity contribution in [2.45, 2.75) is 6.61 Å². The van der Waals surface area contributed by atoms with Crippen LogP contribution >= 0.6 is 11.6 Å². The standard InChI is InChI=1S/C22H18ClNO4/c23-17-9-6-10-18(13-17)24-21(25)15-28-22(26)19-11-4-5-12-20(19)27-14-16-7-2-1-3-8-16/h1-13H,14-15H2,(H,24,25). The van der Waals surface area contributed by atoms with Crippen molar-refractivity contribution in [2.24, 2.45) is 0 Å². The number of para-hydroxylation sites is 1. The first kappa shape index (κ1) is 19.5. The van der Waals surface area contributed by atoms with Gasteiger partial charge in [0.25, 0.3) is 5.91 Å². The van der Waals surface area contributed by atoms with Crippen LogP contribution in [0, 0.1) is 0 Å². The molecule has 3 aromatic carbocycles. The van der Waals surface area contributed by atoms with Crippen molar-refractivity contribution < 1.29 is 19.1 Å². The Morgan fingerprint density at radius 1 is 0.893 bits per heavy atom. The van der Waals surface area contributed by atoms with E-state index in [2.05, 4.69) is 5.32 Å². The molecule has 0 spiro atoms. The molecule has 0 radical (unpaired) electrons. The van der Waals surface area contributed by atoms with Crippen molar-refractivity contribution in [3.05, 3.63) is 95.0 Å². The molecule has 6 heteroatoms. The fourth-order valence-corrected chi connectivity index (χ4v) is 2.66. The van der Waals surface area contributed by atoms with E-state index in [-0.39, 0.29) is 5.56 Å². The van der Waals surface area contributed by atoms with Crippen molar-refractivity contribution >= 4 is 29.2 Å². The lowest BCUT2D eigenvalue weighted by atomic mass is 10.2. The third-order valence-electron chi connectivity index (χ3n) is 3.79. The zero-order valence-corrected chi connectivity index (χ0v) is 15.7. The van der Waals surface area contributed by atoms with Crippen molar-refractivity contribution in [3.8, 4) is 5.75 Å². The Balaban J connectivity index is 1.57. The Kier molecular flexibility index (Phi) is 6.65. The number of rotatable bonds is 7. The Bertz CT molecular complexity index is 960. The summed E-state index contributed by atoms with van der Waals surface area (Å²) < 4.78 is 10.9. The number of carbonyl (C=O) groups excluding carboxylic acids is 2. The van der Waals surface area contributed by atoms with Crippen molar-refractivity contribution in [2.75, 3.05) is 11.9 Å². The molecule has 0 unspecified atom stereocenters. The number of esters is 1. The fraction of sp³-hybridized carbons (Fsp3) is 0.0909. The van der Waals surface area contributed by atoms with Crippen LogP contribution in [0.25, 0.3) is 0 Å². The summed E-state index contributed by atoms with van der Waals surface area (Å²) in [5, 5.41) is 3.12. The van der Waals surface area contributed by atoms with Crippen LogP contribution in [0.15, 0.2) is 78.9 Å². The van der Waals surface area contributed by atoms with Crippen molar-refractivity contribution in [3.63, 3.8) is 0 Å². The summed E-state index contributed by atoms with van der Waals surface area (Å²) in [5.41, 5.74) is 1.76. The Labute approximate surface area is 167 Å². The zero-order chi connectivity index (χ0) is 19.8. The smallest absolute Gasteiger partial charge is 0.342 e. The van der Waals surface area contributed by atoms with Crippen molar-refractivity contribution in [1.29, 1.82) is 0 Å². The van der Waals surface area contributed by atoms with E-state index in [1.165, 1.54) is 0 Å². The van der Waals surface area contributed by atoms with E-state index in [1.807, 2.05) is 30.3 Å². The maximum absolute atomic E-state index is 12.4. The monoisotopic (exact) mass is 395 g/mol. The number of anilines is 1. The van der Waals surface area contributed by atoms with Gasteiger partial charge in [-0.15, -0.1) is 0 Å². The number of hydrogen-bond acceptors (Lipinski definition) is 4. The molecule has 28 heavy (non-hydrogen) atoms. The molecule has 5 nitrogen and oxygen atoms in total. The molecule has 3 rings (SSSR count). The minimum absolute atomic E-state index is 0.258. The highest BCUT2D eigenvalue weighted by Gasteiger charge is 2.15. The quantitative estimate of drug-likeness (QED) is 0.588. The molecular formula is C22H18ClNO4. The van der Waals surface area contributed by atoms with Crippen LogP contribution < -0.4 is 10.1 Å². The Hall–Kier alpha value is -3.31. The minimum atomic E-state index is -0.634.